The highest BCUT2D eigenvalue weighted by Gasteiger charge is 2.25. The van der Waals surface area contributed by atoms with E-state index < -0.39 is 5.82 Å². The predicted molar refractivity (Wildman–Crippen MR) is 124 cm³/mol. The highest BCUT2D eigenvalue weighted by atomic mass is 19.1. The van der Waals surface area contributed by atoms with Crippen LogP contribution in [0.5, 0.6) is 5.88 Å². The number of nitriles is 1. The van der Waals surface area contributed by atoms with E-state index in [9.17, 15) is 0 Å². The van der Waals surface area contributed by atoms with Gasteiger partial charge >= 0.3 is 0 Å². The molecule has 4 aromatic rings. The summed E-state index contributed by atoms with van der Waals surface area (Å²) >= 11 is 0. The number of piperidine rings is 1. The number of nitrogens with one attached hydrogen (secondary N) is 1. The summed E-state index contributed by atoms with van der Waals surface area (Å²) in [7, 11) is 0. The van der Waals surface area contributed by atoms with Gasteiger partial charge in [-0.1, -0.05) is 6.07 Å². The number of hydrogen-bond acceptors (Lipinski definition) is 10. The van der Waals surface area contributed by atoms with Gasteiger partial charge in [0, 0.05) is 25.3 Å². The lowest BCUT2D eigenvalue weighted by Crippen LogP contribution is -2.43. The Kier molecular flexibility index (Phi) is 6.32. The number of ether oxygens (including phenoxy) is 1. The van der Waals surface area contributed by atoms with Crippen LogP contribution in [0.2, 0.25) is 0 Å². The molecule has 1 saturated heterocycles. The molecule has 1 atom stereocenters. The first kappa shape index (κ1) is 22.4. The molecular formula is C23H22FN9O2. The highest BCUT2D eigenvalue weighted by molar-refractivity contribution is 5.76. The normalized spacial score (nSPS) is 15.7. The maximum atomic E-state index is 15.3. The first-order chi connectivity index (χ1) is 17.2. The lowest BCUT2D eigenvalue weighted by atomic mass is 10.1. The second kappa shape index (κ2) is 9.86. The molecule has 11 nitrogen and oxygen atoms in total. The second-order valence-electron chi connectivity index (χ2n) is 7.98. The van der Waals surface area contributed by atoms with Crippen LogP contribution in [0.15, 0.2) is 43.0 Å². The molecule has 178 valence electrons. The molecule has 0 spiro atoms. The first-order valence-electron chi connectivity index (χ1n) is 11.1. The summed E-state index contributed by atoms with van der Waals surface area (Å²) in [6.07, 6.45) is 8.06. The van der Waals surface area contributed by atoms with Crippen molar-refractivity contribution in [1.82, 2.24) is 29.5 Å². The lowest BCUT2D eigenvalue weighted by molar-refractivity contribution is 0.191. The average Bonchev–Trinajstić information content (AvgIpc) is 3.34. The van der Waals surface area contributed by atoms with E-state index in [-0.39, 0.29) is 42.5 Å². The number of hydrogen-bond donors (Lipinski definition) is 2. The van der Waals surface area contributed by atoms with E-state index >= 15 is 4.39 Å². The minimum Gasteiger partial charge on any atom is -0.473 e. The van der Waals surface area contributed by atoms with Crippen LogP contribution in [0.3, 0.4) is 0 Å². The summed E-state index contributed by atoms with van der Waals surface area (Å²) in [6.45, 7) is 0.935. The molecule has 12 heteroatoms. The molecular weight excluding hydrogens is 453 g/mol. The fourth-order valence-electron chi connectivity index (χ4n) is 4.03. The Labute approximate surface area is 199 Å². The summed E-state index contributed by atoms with van der Waals surface area (Å²) in [5.74, 6) is -0.0521. The van der Waals surface area contributed by atoms with E-state index in [0.717, 1.165) is 24.9 Å². The molecule has 1 aliphatic rings. The van der Waals surface area contributed by atoms with E-state index in [2.05, 4.69) is 30.4 Å². The Hall–Kier alpha value is -4.37. The molecule has 5 rings (SSSR count). The minimum atomic E-state index is -0.728. The number of halogens is 1. The molecule has 0 aliphatic carbocycles. The van der Waals surface area contributed by atoms with Crippen molar-refractivity contribution in [3.8, 4) is 23.3 Å². The van der Waals surface area contributed by atoms with Crippen LogP contribution < -0.4 is 15.0 Å². The SMILES string of the molecule is N#Cc1cnc(N2CCC[C@@H](Nc3nc(-c4cnn5ccccc45)nc(OCCO)c3F)C2)cn1. The van der Waals surface area contributed by atoms with Gasteiger partial charge in [0.25, 0.3) is 5.88 Å². The van der Waals surface area contributed by atoms with Gasteiger partial charge in [0.15, 0.2) is 17.3 Å². The summed E-state index contributed by atoms with van der Waals surface area (Å²) in [5.41, 5.74) is 1.64. The summed E-state index contributed by atoms with van der Waals surface area (Å²) in [4.78, 5) is 19.2. The number of nitrogens with zero attached hydrogens (tertiary/aromatic N) is 8. The quantitative estimate of drug-likeness (QED) is 0.408. The van der Waals surface area contributed by atoms with Crippen LogP contribution in [0, 0.1) is 17.1 Å². The molecule has 1 fully saturated rings. The van der Waals surface area contributed by atoms with Gasteiger partial charge in [-0.05, 0) is 25.0 Å². The zero-order valence-electron chi connectivity index (χ0n) is 18.7. The summed E-state index contributed by atoms with van der Waals surface area (Å²) in [5, 5.41) is 25.6. The molecule has 0 bridgehead atoms. The average molecular weight is 475 g/mol. The van der Waals surface area contributed by atoms with Crippen LogP contribution in [0.25, 0.3) is 16.9 Å². The fourth-order valence-corrected chi connectivity index (χ4v) is 4.03. The van der Waals surface area contributed by atoms with E-state index in [1.807, 2.05) is 29.2 Å². The maximum Gasteiger partial charge on any atom is 0.256 e. The van der Waals surface area contributed by atoms with Crippen LogP contribution >= 0.6 is 0 Å². The van der Waals surface area contributed by atoms with E-state index in [0.29, 0.717) is 17.9 Å². The molecule has 2 N–H and O–H groups in total. The molecule has 0 amide bonds. The Morgan fingerprint density at radius 2 is 2.14 bits per heavy atom. The van der Waals surface area contributed by atoms with E-state index in [1.54, 1.807) is 23.1 Å². The molecule has 1 aliphatic heterocycles. The molecule has 5 heterocycles. The Morgan fingerprint density at radius 3 is 2.94 bits per heavy atom. The minimum absolute atomic E-state index is 0.0102. The van der Waals surface area contributed by atoms with Crippen molar-refractivity contribution in [3.05, 3.63) is 54.5 Å². The van der Waals surface area contributed by atoms with Gasteiger partial charge in [-0.3, -0.25) is 0 Å². The zero-order valence-corrected chi connectivity index (χ0v) is 18.7. The Balaban J connectivity index is 1.44. The van der Waals surface area contributed by atoms with Crippen LogP contribution in [-0.2, 0) is 0 Å². The Bertz CT molecular complexity index is 1370. The van der Waals surface area contributed by atoms with Crippen molar-refractivity contribution >= 4 is 17.2 Å². The van der Waals surface area contributed by atoms with E-state index in [1.165, 1.54) is 6.20 Å². The first-order valence-corrected chi connectivity index (χ1v) is 11.1. The number of fused-ring (bicyclic) bond motifs is 1. The third-order valence-electron chi connectivity index (χ3n) is 5.66. The number of aromatic nitrogens is 6. The second-order valence-corrected chi connectivity index (χ2v) is 7.98. The van der Waals surface area contributed by atoms with Crippen molar-refractivity contribution in [2.75, 3.05) is 36.5 Å². The highest BCUT2D eigenvalue weighted by Crippen LogP contribution is 2.29. The molecule has 0 unspecified atom stereocenters. The van der Waals surface area contributed by atoms with Gasteiger partial charge in [-0.15, -0.1) is 0 Å². The van der Waals surface area contributed by atoms with Crippen molar-refractivity contribution in [1.29, 1.82) is 5.26 Å². The van der Waals surface area contributed by atoms with Gasteiger partial charge in [0.1, 0.15) is 18.5 Å². The molecule has 4 aromatic heterocycles. The molecule has 0 saturated carbocycles. The van der Waals surface area contributed by atoms with Crippen molar-refractivity contribution in [2.45, 2.75) is 18.9 Å². The third-order valence-corrected chi connectivity index (χ3v) is 5.66. The summed E-state index contributed by atoms with van der Waals surface area (Å²) in [6, 6.07) is 7.42. The topological polar surface area (TPSA) is 137 Å². The molecule has 0 aromatic carbocycles. The van der Waals surface area contributed by atoms with Crippen molar-refractivity contribution in [2.24, 2.45) is 0 Å². The van der Waals surface area contributed by atoms with Crippen LogP contribution in [-0.4, -0.2) is 67.0 Å². The fraction of sp³-hybridized carbons (Fsp3) is 0.304. The van der Waals surface area contributed by atoms with Crippen molar-refractivity contribution in [3.63, 3.8) is 0 Å². The number of rotatable bonds is 7. The lowest BCUT2D eigenvalue weighted by Gasteiger charge is -2.34. The standard InChI is InChI=1S/C23H22FN9O2/c24-20-22(29-15-4-3-6-32(14-15)19-13-26-16(10-25)11-27-19)30-21(31-23(20)35-9-8-34)17-12-28-33-7-2-1-5-18(17)33/h1-2,5,7,11-13,15,34H,3-4,6,8-9,14H2,(H,29,30,31)/t15-/m1/s1. The number of anilines is 2. The van der Waals surface area contributed by atoms with Gasteiger partial charge < -0.3 is 20.1 Å². The van der Waals surface area contributed by atoms with Gasteiger partial charge in [-0.25, -0.2) is 19.5 Å². The monoisotopic (exact) mass is 475 g/mol. The number of aliphatic hydroxyl groups is 1. The molecule has 0 radical (unpaired) electrons. The van der Waals surface area contributed by atoms with Crippen LogP contribution in [0.1, 0.15) is 18.5 Å². The zero-order chi connectivity index (χ0) is 24.2. The summed E-state index contributed by atoms with van der Waals surface area (Å²) < 4.78 is 22.4. The molecule has 35 heavy (non-hydrogen) atoms. The van der Waals surface area contributed by atoms with Gasteiger partial charge in [0.05, 0.1) is 36.3 Å². The van der Waals surface area contributed by atoms with Crippen LogP contribution in [0.4, 0.5) is 16.0 Å². The van der Waals surface area contributed by atoms with Gasteiger partial charge in [0.2, 0.25) is 5.82 Å². The largest absolute Gasteiger partial charge is 0.473 e. The Morgan fingerprint density at radius 1 is 1.23 bits per heavy atom. The smallest absolute Gasteiger partial charge is 0.256 e. The van der Waals surface area contributed by atoms with E-state index in [4.69, 9.17) is 15.1 Å². The van der Waals surface area contributed by atoms with Gasteiger partial charge in [-0.2, -0.15) is 19.7 Å². The third kappa shape index (κ3) is 4.67. The number of pyridine rings is 1. The maximum absolute atomic E-state index is 15.3. The predicted octanol–water partition coefficient (Wildman–Crippen LogP) is 2.04. The van der Waals surface area contributed by atoms with Crippen molar-refractivity contribution < 1.29 is 14.2 Å². The number of aliphatic hydroxyl groups excluding tert-OH is 1.